The van der Waals surface area contributed by atoms with E-state index in [-0.39, 0.29) is 12.5 Å². The van der Waals surface area contributed by atoms with Crippen LogP contribution in [0, 0.1) is 0 Å². The number of carboxylic acid groups (broad SMARTS) is 1. The van der Waals surface area contributed by atoms with Gasteiger partial charge in [0.15, 0.2) is 0 Å². The van der Waals surface area contributed by atoms with Crippen molar-refractivity contribution in [2.45, 2.75) is 109 Å². The molecule has 0 aliphatic heterocycles. The average molecular weight is 300 g/mol. The summed E-state index contributed by atoms with van der Waals surface area (Å²) >= 11 is 0. The largest absolute Gasteiger partial charge is 0.481 e. The summed E-state index contributed by atoms with van der Waals surface area (Å²) in [6.45, 7) is 2.25. The molecule has 3 heteroatoms. The van der Waals surface area contributed by atoms with E-state index in [0.717, 1.165) is 12.8 Å². The highest BCUT2D eigenvalue weighted by Crippen LogP contribution is 2.14. The van der Waals surface area contributed by atoms with Gasteiger partial charge in [0.25, 0.3) is 0 Å². The summed E-state index contributed by atoms with van der Waals surface area (Å²) in [7, 11) is 0. The first-order valence-electron chi connectivity index (χ1n) is 9.06. The van der Waals surface area contributed by atoms with Gasteiger partial charge in [-0.2, -0.15) is 0 Å². The van der Waals surface area contributed by atoms with E-state index in [0.29, 0.717) is 12.8 Å². The quantitative estimate of drug-likeness (QED) is 0.380. The van der Waals surface area contributed by atoms with Gasteiger partial charge >= 0.3 is 5.97 Å². The number of unbranched alkanes of at least 4 members (excludes halogenated alkanes) is 10. The number of hydrogen-bond acceptors (Lipinski definition) is 2. The van der Waals surface area contributed by atoms with E-state index in [9.17, 15) is 9.90 Å². The van der Waals surface area contributed by atoms with E-state index in [1.165, 1.54) is 64.2 Å². The van der Waals surface area contributed by atoms with Crippen LogP contribution in [-0.2, 0) is 4.79 Å². The Morgan fingerprint density at radius 3 is 1.67 bits per heavy atom. The van der Waals surface area contributed by atoms with Crippen molar-refractivity contribution in [2.75, 3.05) is 0 Å². The molecular weight excluding hydrogens is 264 g/mol. The molecule has 0 fully saturated rings. The summed E-state index contributed by atoms with van der Waals surface area (Å²) in [5.41, 5.74) is 0. The molecule has 0 aromatic carbocycles. The molecule has 0 spiro atoms. The van der Waals surface area contributed by atoms with Gasteiger partial charge in [-0.1, -0.05) is 77.6 Å². The molecule has 0 aromatic heterocycles. The third-order valence-electron chi connectivity index (χ3n) is 4.07. The minimum atomic E-state index is -0.767. The summed E-state index contributed by atoms with van der Waals surface area (Å²) in [6.07, 6.45) is 16.4. The fourth-order valence-corrected chi connectivity index (χ4v) is 2.68. The van der Waals surface area contributed by atoms with E-state index in [1.54, 1.807) is 0 Å². The number of aliphatic carboxylic acids is 1. The summed E-state index contributed by atoms with van der Waals surface area (Å²) in [6, 6.07) is 0. The molecule has 1 unspecified atom stereocenters. The number of aliphatic hydroxyl groups is 1. The Morgan fingerprint density at radius 2 is 1.19 bits per heavy atom. The van der Waals surface area contributed by atoms with E-state index in [4.69, 9.17) is 5.11 Å². The highest BCUT2D eigenvalue weighted by molar-refractivity contribution is 5.66. The van der Waals surface area contributed by atoms with Crippen molar-refractivity contribution in [1.82, 2.24) is 0 Å². The van der Waals surface area contributed by atoms with Crippen molar-refractivity contribution in [3.63, 3.8) is 0 Å². The van der Waals surface area contributed by atoms with Crippen molar-refractivity contribution >= 4 is 5.97 Å². The van der Waals surface area contributed by atoms with Crippen molar-refractivity contribution in [3.8, 4) is 0 Å². The molecule has 3 nitrogen and oxygen atoms in total. The van der Waals surface area contributed by atoms with Gasteiger partial charge in [0, 0.05) is 6.42 Å². The zero-order chi connectivity index (χ0) is 15.8. The maximum absolute atomic E-state index is 10.4. The van der Waals surface area contributed by atoms with Crippen LogP contribution in [0.4, 0.5) is 0 Å². The SMILES string of the molecule is CCCCCCCCCCCCCC(O)CCCC(=O)O. The second kappa shape index (κ2) is 15.8. The molecule has 126 valence electrons. The molecule has 0 saturated carbocycles. The van der Waals surface area contributed by atoms with E-state index >= 15 is 0 Å². The number of hydrogen-bond donors (Lipinski definition) is 2. The highest BCUT2D eigenvalue weighted by Gasteiger charge is 2.05. The Hall–Kier alpha value is -0.570. The van der Waals surface area contributed by atoms with Crippen LogP contribution in [0.5, 0.6) is 0 Å². The molecule has 0 aliphatic carbocycles. The van der Waals surface area contributed by atoms with E-state index < -0.39 is 5.97 Å². The average Bonchev–Trinajstić information content (AvgIpc) is 2.44. The van der Waals surface area contributed by atoms with Crippen molar-refractivity contribution in [3.05, 3.63) is 0 Å². The molecule has 0 amide bonds. The smallest absolute Gasteiger partial charge is 0.303 e. The minimum absolute atomic E-state index is 0.176. The van der Waals surface area contributed by atoms with Crippen LogP contribution in [0.3, 0.4) is 0 Å². The zero-order valence-electron chi connectivity index (χ0n) is 14.0. The first-order chi connectivity index (χ1) is 10.2. The van der Waals surface area contributed by atoms with Crippen LogP contribution >= 0.6 is 0 Å². The van der Waals surface area contributed by atoms with Gasteiger partial charge < -0.3 is 10.2 Å². The summed E-state index contributed by atoms with van der Waals surface area (Å²) in [5, 5.41) is 18.2. The molecule has 0 radical (unpaired) electrons. The summed E-state index contributed by atoms with van der Waals surface area (Å²) in [4.78, 5) is 10.4. The zero-order valence-corrected chi connectivity index (χ0v) is 14.0. The first-order valence-corrected chi connectivity index (χ1v) is 9.06. The molecule has 0 rings (SSSR count). The van der Waals surface area contributed by atoms with Crippen molar-refractivity contribution in [2.24, 2.45) is 0 Å². The summed E-state index contributed by atoms with van der Waals surface area (Å²) < 4.78 is 0. The maximum Gasteiger partial charge on any atom is 0.303 e. The summed E-state index contributed by atoms with van der Waals surface area (Å²) in [5.74, 6) is -0.767. The van der Waals surface area contributed by atoms with Crippen LogP contribution in [-0.4, -0.2) is 22.3 Å². The van der Waals surface area contributed by atoms with Gasteiger partial charge in [-0.15, -0.1) is 0 Å². The van der Waals surface area contributed by atoms with Crippen LogP contribution in [0.2, 0.25) is 0 Å². The predicted octanol–water partition coefficient (Wildman–Crippen LogP) is 5.30. The fraction of sp³-hybridized carbons (Fsp3) is 0.944. The predicted molar refractivity (Wildman–Crippen MR) is 88.6 cm³/mol. The second-order valence-electron chi connectivity index (χ2n) is 6.26. The first kappa shape index (κ1) is 20.4. The second-order valence-corrected chi connectivity index (χ2v) is 6.26. The molecule has 21 heavy (non-hydrogen) atoms. The third kappa shape index (κ3) is 17.4. The highest BCUT2D eigenvalue weighted by atomic mass is 16.4. The number of aliphatic hydroxyl groups excluding tert-OH is 1. The van der Waals surface area contributed by atoms with Crippen molar-refractivity contribution < 1.29 is 15.0 Å². The molecular formula is C18H36O3. The Bertz CT molecular complexity index is 229. The lowest BCUT2D eigenvalue weighted by molar-refractivity contribution is -0.137. The number of carboxylic acids is 1. The lowest BCUT2D eigenvalue weighted by Crippen LogP contribution is -2.07. The normalized spacial score (nSPS) is 12.5. The molecule has 0 aromatic rings. The van der Waals surface area contributed by atoms with Gasteiger partial charge in [-0.05, 0) is 19.3 Å². The Kier molecular flexibility index (Phi) is 15.4. The van der Waals surface area contributed by atoms with Crippen LogP contribution in [0.15, 0.2) is 0 Å². The van der Waals surface area contributed by atoms with E-state index in [2.05, 4.69) is 6.92 Å². The molecule has 0 aliphatic rings. The van der Waals surface area contributed by atoms with Gasteiger partial charge in [0.1, 0.15) is 0 Å². The van der Waals surface area contributed by atoms with E-state index in [1.807, 2.05) is 0 Å². The fourth-order valence-electron chi connectivity index (χ4n) is 2.68. The van der Waals surface area contributed by atoms with Gasteiger partial charge in [-0.3, -0.25) is 4.79 Å². The molecule has 0 bridgehead atoms. The number of carbonyl (C=O) groups is 1. The standard InChI is InChI=1S/C18H36O3/c1-2-3-4-5-6-7-8-9-10-11-12-14-17(19)15-13-16-18(20)21/h17,19H,2-16H2,1H3,(H,20,21). The number of rotatable bonds is 16. The van der Waals surface area contributed by atoms with Crippen LogP contribution in [0.25, 0.3) is 0 Å². The lowest BCUT2D eigenvalue weighted by Gasteiger charge is -2.09. The molecule has 1 atom stereocenters. The topological polar surface area (TPSA) is 57.5 Å². The van der Waals surface area contributed by atoms with Gasteiger partial charge in [-0.25, -0.2) is 0 Å². The maximum atomic E-state index is 10.4. The molecule has 2 N–H and O–H groups in total. The van der Waals surface area contributed by atoms with Gasteiger partial charge in [0.05, 0.1) is 6.10 Å². The van der Waals surface area contributed by atoms with Crippen LogP contribution < -0.4 is 0 Å². The Morgan fingerprint density at radius 1 is 0.762 bits per heavy atom. The Labute approximate surface area is 131 Å². The third-order valence-corrected chi connectivity index (χ3v) is 4.07. The van der Waals surface area contributed by atoms with Gasteiger partial charge in [0.2, 0.25) is 0 Å². The molecule has 0 saturated heterocycles. The molecule has 0 heterocycles. The lowest BCUT2D eigenvalue weighted by atomic mass is 10.0. The van der Waals surface area contributed by atoms with Crippen LogP contribution in [0.1, 0.15) is 103 Å². The minimum Gasteiger partial charge on any atom is -0.481 e. The Balaban J connectivity index is 3.12. The van der Waals surface area contributed by atoms with Crippen molar-refractivity contribution in [1.29, 1.82) is 0 Å². The monoisotopic (exact) mass is 300 g/mol.